The molecule has 0 saturated carbocycles. The Hall–Kier alpha value is -2.50. The summed E-state index contributed by atoms with van der Waals surface area (Å²) >= 11 is 0. The molecule has 124 valence electrons. The van der Waals surface area contributed by atoms with Crippen LogP contribution in [0.3, 0.4) is 0 Å². The van der Waals surface area contributed by atoms with E-state index in [2.05, 4.69) is 4.98 Å². The lowest BCUT2D eigenvalue weighted by Crippen LogP contribution is -2.40. The second-order valence-electron chi connectivity index (χ2n) is 6.44. The Morgan fingerprint density at radius 3 is 2.61 bits per heavy atom. The largest absolute Gasteiger partial charge is 0.508 e. The van der Waals surface area contributed by atoms with Gasteiger partial charge in [0.05, 0.1) is 0 Å². The third-order valence-electron chi connectivity index (χ3n) is 3.35. The number of aromatic amines is 1. The van der Waals surface area contributed by atoms with E-state index in [1.54, 1.807) is 39.0 Å². The molecule has 2 aromatic rings. The van der Waals surface area contributed by atoms with Crippen LogP contribution in [0.15, 0.2) is 24.4 Å². The number of aromatic hydroxyl groups is 1. The van der Waals surface area contributed by atoms with Gasteiger partial charge in [0, 0.05) is 30.6 Å². The number of carbonyl (C=O) groups excluding carboxylic acids is 2. The number of nitrogens with zero attached hydrogens (tertiary/aromatic N) is 1. The Morgan fingerprint density at radius 1 is 1.30 bits per heavy atom. The molecule has 1 heterocycles. The number of imide groups is 1. The van der Waals surface area contributed by atoms with Crippen LogP contribution in [0.5, 0.6) is 5.75 Å². The molecule has 2 N–H and O–H groups in total. The number of nitrogens with one attached hydrogen (secondary N) is 1. The first-order chi connectivity index (χ1) is 10.7. The molecule has 0 fully saturated rings. The van der Waals surface area contributed by atoms with E-state index >= 15 is 0 Å². The first-order valence-electron chi connectivity index (χ1n) is 7.47. The Morgan fingerprint density at radius 2 is 2.00 bits per heavy atom. The topological polar surface area (TPSA) is 82.6 Å². The minimum atomic E-state index is -0.655. The van der Waals surface area contributed by atoms with Crippen LogP contribution in [0.4, 0.5) is 4.79 Å². The number of hydrogen-bond acceptors (Lipinski definition) is 4. The lowest BCUT2D eigenvalue weighted by molar-refractivity contribution is -0.128. The van der Waals surface area contributed by atoms with Gasteiger partial charge in [-0.3, -0.25) is 4.79 Å². The van der Waals surface area contributed by atoms with E-state index < -0.39 is 11.7 Å². The van der Waals surface area contributed by atoms with Crippen molar-refractivity contribution in [2.75, 3.05) is 6.54 Å². The normalized spacial score (nSPS) is 11.5. The molecule has 0 bridgehead atoms. The molecule has 0 atom stereocenters. The van der Waals surface area contributed by atoms with Gasteiger partial charge in [-0.15, -0.1) is 0 Å². The van der Waals surface area contributed by atoms with Crippen LogP contribution in [-0.2, 0) is 16.0 Å². The predicted octanol–water partition coefficient (Wildman–Crippen LogP) is 3.20. The maximum absolute atomic E-state index is 12.1. The maximum atomic E-state index is 12.1. The molecule has 23 heavy (non-hydrogen) atoms. The lowest BCUT2D eigenvalue weighted by Gasteiger charge is -2.25. The van der Waals surface area contributed by atoms with Crippen LogP contribution >= 0.6 is 0 Å². The molecule has 2 amide bonds. The van der Waals surface area contributed by atoms with Gasteiger partial charge in [0.25, 0.3) is 0 Å². The number of fused-ring (bicyclic) bond motifs is 1. The molecule has 1 aromatic carbocycles. The van der Waals surface area contributed by atoms with Crippen molar-refractivity contribution in [2.45, 2.75) is 39.7 Å². The summed E-state index contributed by atoms with van der Waals surface area (Å²) in [6.45, 7) is 6.82. The number of H-pyrrole nitrogens is 1. The van der Waals surface area contributed by atoms with E-state index in [0.717, 1.165) is 21.4 Å². The van der Waals surface area contributed by atoms with Crippen LogP contribution in [0.25, 0.3) is 10.9 Å². The Bertz CT molecular complexity index is 728. The lowest BCUT2D eigenvalue weighted by atomic mass is 10.1. The molecule has 0 aliphatic heterocycles. The van der Waals surface area contributed by atoms with E-state index in [4.69, 9.17) is 4.74 Å². The van der Waals surface area contributed by atoms with Crippen LogP contribution in [0.2, 0.25) is 0 Å². The van der Waals surface area contributed by atoms with Crippen LogP contribution in [0.1, 0.15) is 33.3 Å². The van der Waals surface area contributed by atoms with Crippen molar-refractivity contribution in [1.29, 1.82) is 0 Å². The van der Waals surface area contributed by atoms with E-state index in [1.807, 2.05) is 6.20 Å². The number of hydrogen-bond donors (Lipinski definition) is 2. The maximum Gasteiger partial charge on any atom is 0.417 e. The van der Waals surface area contributed by atoms with Crippen molar-refractivity contribution in [1.82, 2.24) is 9.88 Å². The van der Waals surface area contributed by atoms with Gasteiger partial charge in [-0.1, -0.05) is 0 Å². The van der Waals surface area contributed by atoms with Crippen LogP contribution in [-0.4, -0.2) is 39.1 Å². The van der Waals surface area contributed by atoms with Gasteiger partial charge in [-0.2, -0.15) is 0 Å². The number of ether oxygens (including phenoxy) is 1. The fourth-order valence-electron chi connectivity index (χ4n) is 2.30. The van der Waals surface area contributed by atoms with Gasteiger partial charge in [0.1, 0.15) is 11.4 Å². The minimum Gasteiger partial charge on any atom is -0.508 e. The summed E-state index contributed by atoms with van der Waals surface area (Å²) in [6.07, 6.45) is 1.65. The van der Waals surface area contributed by atoms with Crippen LogP contribution in [0, 0.1) is 0 Å². The molecule has 0 spiro atoms. The Balaban J connectivity index is 2.13. The number of rotatable bonds is 3. The minimum absolute atomic E-state index is 0.175. The molecule has 0 aliphatic carbocycles. The summed E-state index contributed by atoms with van der Waals surface area (Å²) in [5.74, 6) is -0.184. The summed E-state index contributed by atoms with van der Waals surface area (Å²) in [7, 11) is 0. The second-order valence-corrected chi connectivity index (χ2v) is 6.44. The summed E-state index contributed by atoms with van der Waals surface area (Å²) in [5.41, 5.74) is 1.16. The van der Waals surface area contributed by atoms with Crippen molar-refractivity contribution >= 4 is 22.9 Å². The van der Waals surface area contributed by atoms with Crippen molar-refractivity contribution in [3.05, 3.63) is 30.0 Å². The number of carbonyl (C=O) groups is 2. The summed E-state index contributed by atoms with van der Waals surface area (Å²) < 4.78 is 5.26. The molecule has 0 saturated heterocycles. The van der Waals surface area contributed by atoms with E-state index in [0.29, 0.717) is 6.42 Å². The predicted molar refractivity (Wildman–Crippen MR) is 87.3 cm³/mol. The molecular formula is C17H22N2O4. The molecule has 1 aromatic heterocycles. The van der Waals surface area contributed by atoms with E-state index in [9.17, 15) is 14.7 Å². The average Bonchev–Trinajstić information content (AvgIpc) is 2.79. The Kier molecular flexibility index (Phi) is 4.63. The second kappa shape index (κ2) is 6.32. The van der Waals surface area contributed by atoms with E-state index in [1.165, 1.54) is 6.92 Å². The number of benzene rings is 1. The van der Waals surface area contributed by atoms with Gasteiger partial charge in [0.15, 0.2) is 0 Å². The first-order valence-corrected chi connectivity index (χ1v) is 7.47. The Labute approximate surface area is 135 Å². The highest BCUT2D eigenvalue weighted by Gasteiger charge is 2.25. The third kappa shape index (κ3) is 4.25. The molecular weight excluding hydrogens is 296 g/mol. The highest BCUT2D eigenvalue weighted by atomic mass is 16.6. The number of phenolic OH excluding ortho intramolecular Hbond substituents is 1. The molecule has 0 unspecified atom stereocenters. The molecule has 6 nitrogen and oxygen atoms in total. The smallest absolute Gasteiger partial charge is 0.417 e. The number of phenols is 1. The van der Waals surface area contributed by atoms with Gasteiger partial charge >= 0.3 is 6.09 Å². The summed E-state index contributed by atoms with van der Waals surface area (Å²) in [5, 5.41) is 10.5. The monoisotopic (exact) mass is 318 g/mol. The average molecular weight is 318 g/mol. The molecule has 2 rings (SSSR count). The van der Waals surface area contributed by atoms with E-state index in [-0.39, 0.29) is 18.2 Å². The number of amides is 2. The number of aromatic nitrogens is 1. The zero-order valence-electron chi connectivity index (χ0n) is 13.8. The van der Waals surface area contributed by atoms with Gasteiger partial charge in [0.2, 0.25) is 5.91 Å². The SMILES string of the molecule is CC(=O)N(CCc1c[nH]c2ccc(O)cc12)C(=O)OC(C)(C)C. The van der Waals surface area contributed by atoms with Gasteiger partial charge < -0.3 is 14.8 Å². The van der Waals surface area contributed by atoms with Crippen molar-refractivity contribution in [3.8, 4) is 5.75 Å². The van der Waals surface area contributed by atoms with Gasteiger partial charge in [-0.25, -0.2) is 9.69 Å². The molecule has 6 heteroatoms. The van der Waals surface area contributed by atoms with Crippen molar-refractivity contribution < 1.29 is 19.4 Å². The highest BCUT2D eigenvalue weighted by Crippen LogP contribution is 2.23. The summed E-state index contributed by atoms with van der Waals surface area (Å²) in [6, 6.07) is 5.04. The van der Waals surface area contributed by atoms with Crippen molar-refractivity contribution in [3.63, 3.8) is 0 Å². The fourth-order valence-corrected chi connectivity index (χ4v) is 2.30. The standard InChI is InChI=1S/C17H22N2O4/c1-11(20)19(16(22)23-17(2,3)4)8-7-12-10-18-15-6-5-13(21)9-14(12)15/h5-6,9-10,18,21H,7-8H2,1-4H3. The third-order valence-corrected chi connectivity index (χ3v) is 3.35. The highest BCUT2D eigenvalue weighted by molar-refractivity contribution is 5.91. The zero-order valence-corrected chi connectivity index (χ0v) is 13.8. The summed E-state index contributed by atoms with van der Waals surface area (Å²) in [4.78, 5) is 28.0. The van der Waals surface area contributed by atoms with Crippen LogP contribution < -0.4 is 0 Å². The quantitative estimate of drug-likeness (QED) is 0.910. The zero-order chi connectivity index (χ0) is 17.2. The molecule has 0 radical (unpaired) electrons. The van der Waals surface area contributed by atoms with Gasteiger partial charge in [-0.05, 0) is 51.0 Å². The van der Waals surface area contributed by atoms with Crippen molar-refractivity contribution in [2.24, 2.45) is 0 Å². The first kappa shape index (κ1) is 16.9. The fraction of sp³-hybridized carbons (Fsp3) is 0.412. The molecule has 0 aliphatic rings.